The van der Waals surface area contributed by atoms with Crippen LogP contribution >= 0.6 is 11.3 Å². The molecule has 3 N–H and O–H groups in total. The minimum absolute atomic E-state index is 0.0388. The molecule has 2 heterocycles. The van der Waals surface area contributed by atoms with E-state index in [4.69, 9.17) is 5.73 Å². The zero-order valence-corrected chi connectivity index (χ0v) is 14.6. The first-order valence-corrected chi connectivity index (χ1v) is 9.02. The van der Waals surface area contributed by atoms with Crippen molar-refractivity contribution in [3.8, 4) is 11.4 Å². The molecule has 0 aliphatic heterocycles. The van der Waals surface area contributed by atoms with E-state index in [1.54, 1.807) is 22.8 Å². The van der Waals surface area contributed by atoms with Crippen LogP contribution in [0.25, 0.3) is 26.7 Å². The average molecular weight is 350 g/mol. The third-order valence-electron chi connectivity index (χ3n) is 4.33. The van der Waals surface area contributed by atoms with Crippen molar-refractivity contribution in [1.29, 1.82) is 0 Å². The molecule has 0 spiro atoms. The summed E-state index contributed by atoms with van der Waals surface area (Å²) < 4.78 is 2.40. The molecule has 4 nitrogen and oxygen atoms in total. The number of phenolic OH excluding ortho intramolecular Hbond substituents is 1. The summed E-state index contributed by atoms with van der Waals surface area (Å²) in [7, 11) is 0. The van der Waals surface area contributed by atoms with Gasteiger partial charge < -0.3 is 10.8 Å². The number of thiophene rings is 1. The molecule has 4 rings (SSSR count). The van der Waals surface area contributed by atoms with E-state index in [1.165, 1.54) is 11.3 Å². The number of benzene rings is 2. The van der Waals surface area contributed by atoms with Crippen molar-refractivity contribution in [3.63, 3.8) is 0 Å². The van der Waals surface area contributed by atoms with E-state index >= 15 is 0 Å². The summed E-state index contributed by atoms with van der Waals surface area (Å²) in [5.74, 6) is 0.192. The molecule has 0 bridgehead atoms. The topological polar surface area (TPSA) is 68.2 Å². The normalized spacial score (nSPS) is 12.7. The van der Waals surface area contributed by atoms with E-state index < -0.39 is 0 Å². The van der Waals surface area contributed by atoms with Crippen LogP contribution in [0.3, 0.4) is 0 Å². The number of nitrogens with zero attached hydrogens (tertiary/aromatic N) is 1. The minimum Gasteiger partial charge on any atom is -0.508 e. The van der Waals surface area contributed by atoms with Gasteiger partial charge in [-0.05, 0) is 60.7 Å². The molecular formula is C20H18N2O2S. The molecular weight excluding hydrogens is 332 g/mol. The van der Waals surface area contributed by atoms with Crippen molar-refractivity contribution in [2.24, 2.45) is 5.73 Å². The summed E-state index contributed by atoms with van der Waals surface area (Å²) in [6.07, 6.45) is 0.799. The maximum Gasteiger partial charge on any atom is 0.273 e. The first-order valence-electron chi connectivity index (χ1n) is 8.14. The Labute approximate surface area is 148 Å². The second-order valence-electron chi connectivity index (χ2n) is 6.35. The van der Waals surface area contributed by atoms with Gasteiger partial charge in [0.05, 0.1) is 5.52 Å². The molecule has 0 aliphatic rings. The summed E-state index contributed by atoms with van der Waals surface area (Å²) in [6.45, 7) is 1.98. The second kappa shape index (κ2) is 6.02. The van der Waals surface area contributed by atoms with Crippen LogP contribution in [0.4, 0.5) is 0 Å². The van der Waals surface area contributed by atoms with Crippen LogP contribution in [0.5, 0.6) is 5.75 Å². The largest absolute Gasteiger partial charge is 0.508 e. The fourth-order valence-electron chi connectivity index (χ4n) is 3.24. The Kier molecular flexibility index (Phi) is 3.82. The van der Waals surface area contributed by atoms with Gasteiger partial charge in [-0.3, -0.25) is 9.36 Å². The van der Waals surface area contributed by atoms with Gasteiger partial charge in [0.25, 0.3) is 5.56 Å². The lowest BCUT2D eigenvalue weighted by Crippen LogP contribution is -2.19. The van der Waals surface area contributed by atoms with Crippen molar-refractivity contribution in [2.75, 3.05) is 0 Å². The lowest BCUT2D eigenvalue weighted by molar-refractivity contribution is 0.476. The van der Waals surface area contributed by atoms with Crippen LogP contribution in [0.2, 0.25) is 0 Å². The number of hydrogen-bond donors (Lipinski definition) is 2. The molecule has 1 atom stereocenters. The molecule has 2 aromatic heterocycles. The van der Waals surface area contributed by atoms with Gasteiger partial charge in [-0.15, -0.1) is 11.3 Å². The Balaban J connectivity index is 1.99. The monoisotopic (exact) mass is 350 g/mol. The highest BCUT2D eigenvalue weighted by Crippen LogP contribution is 2.30. The number of aromatic nitrogens is 1. The van der Waals surface area contributed by atoms with Gasteiger partial charge in [0.15, 0.2) is 0 Å². The van der Waals surface area contributed by atoms with Gasteiger partial charge >= 0.3 is 0 Å². The van der Waals surface area contributed by atoms with Crippen molar-refractivity contribution < 1.29 is 5.11 Å². The van der Waals surface area contributed by atoms with E-state index in [2.05, 4.69) is 0 Å². The fraction of sp³-hybridized carbons (Fsp3) is 0.150. The maximum absolute atomic E-state index is 13.0. The third kappa shape index (κ3) is 2.71. The van der Waals surface area contributed by atoms with Gasteiger partial charge in [-0.25, -0.2) is 0 Å². The van der Waals surface area contributed by atoms with E-state index in [0.717, 1.165) is 34.0 Å². The van der Waals surface area contributed by atoms with Gasteiger partial charge in [-0.2, -0.15) is 0 Å². The first-order chi connectivity index (χ1) is 12.0. The van der Waals surface area contributed by atoms with Crippen LogP contribution in [0.1, 0.15) is 12.5 Å². The van der Waals surface area contributed by atoms with Crippen molar-refractivity contribution in [3.05, 3.63) is 69.8 Å². The maximum atomic E-state index is 13.0. The Morgan fingerprint density at radius 2 is 1.88 bits per heavy atom. The van der Waals surface area contributed by atoms with Crippen LogP contribution in [-0.4, -0.2) is 15.7 Å². The van der Waals surface area contributed by atoms with Crippen molar-refractivity contribution in [1.82, 2.24) is 4.57 Å². The van der Waals surface area contributed by atoms with Crippen LogP contribution < -0.4 is 11.3 Å². The molecule has 1 unspecified atom stereocenters. The van der Waals surface area contributed by atoms with E-state index in [-0.39, 0.29) is 17.4 Å². The molecule has 0 radical (unpaired) electrons. The molecule has 4 aromatic rings. The lowest BCUT2D eigenvalue weighted by atomic mass is 10.1. The molecule has 0 aliphatic carbocycles. The molecule has 126 valence electrons. The molecule has 25 heavy (non-hydrogen) atoms. The smallest absolute Gasteiger partial charge is 0.273 e. The Morgan fingerprint density at radius 1 is 1.12 bits per heavy atom. The van der Waals surface area contributed by atoms with E-state index in [9.17, 15) is 9.90 Å². The molecule has 0 amide bonds. The molecule has 0 saturated carbocycles. The highest BCUT2D eigenvalue weighted by Gasteiger charge is 2.14. The molecule has 0 saturated heterocycles. The predicted molar refractivity (Wildman–Crippen MR) is 104 cm³/mol. The SMILES string of the molecule is CC(N)Cc1ccc(-n2c(=O)c3sccc3c3cc(O)ccc32)cc1. The van der Waals surface area contributed by atoms with Crippen LogP contribution in [0.15, 0.2) is 58.7 Å². The summed E-state index contributed by atoms with van der Waals surface area (Å²) in [5, 5.41) is 13.5. The minimum atomic E-state index is -0.0388. The fourth-order valence-corrected chi connectivity index (χ4v) is 4.08. The first kappa shape index (κ1) is 15.9. The summed E-state index contributed by atoms with van der Waals surface area (Å²) >= 11 is 1.42. The second-order valence-corrected chi connectivity index (χ2v) is 7.27. The Bertz CT molecular complexity index is 1120. The number of nitrogens with two attached hydrogens (primary N) is 1. The number of aromatic hydroxyl groups is 1. The van der Waals surface area contributed by atoms with Crippen LogP contribution in [-0.2, 0) is 6.42 Å². The highest BCUT2D eigenvalue weighted by atomic mass is 32.1. The standard InChI is InChI=1S/C20H18N2O2S/c1-12(21)10-13-2-4-14(5-3-13)22-18-7-6-15(23)11-17(18)16-8-9-25-19(16)20(22)24/h2-9,11-12,23H,10,21H2,1H3. The number of pyridine rings is 1. The van der Waals surface area contributed by atoms with E-state index in [0.29, 0.717) is 4.70 Å². The number of hydrogen-bond acceptors (Lipinski definition) is 4. The number of rotatable bonds is 3. The summed E-state index contributed by atoms with van der Waals surface area (Å²) in [5.41, 5.74) is 8.56. The van der Waals surface area contributed by atoms with Crippen molar-refractivity contribution in [2.45, 2.75) is 19.4 Å². The summed E-state index contributed by atoms with van der Waals surface area (Å²) in [4.78, 5) is 13.0. The zero-order valence-electron chi connectivity index (χ0n) is 13.8. The van der Waals surface area contributed by atoms with Gasteiger partial charge in [0.2, 0.25) is 0 Å². The Morgan fingerprint density at radius 3 is 2.60 bits per heavy atom. The zero-order chi connectivity index (χ0) is 17.6. The predicted octanol–water partition coefficient (Wildman–Crippen LogP) is 3.80. The molecule has 0 fully saturated rings. The molecule has 5 heteroatoms. The lowest BCUT2D eigenvalue weighted by Gasteiger charge is -2.13. The number of fused-ring (bicyclic) bond motifs is 3. The summed E-state index contributed by atoms with van der Waals surface area (Å²) in [6, 6.07) is 15.1. The average Bonchev–Trinajstić information content (AvgIpc) is 3.07. The van der Waals surface area contributed by atoms with Crippen LogP contribution in [0, 0.1) is 0 Å². The third-order valence-corrected chi connectivity index (χ3v) is 5.23. The van der Waals surface area contributed by atoms with Gasteiger partial charge in [0.1, 0.15) is 10.4 Å². The van der Waals surface area contributed by atoms with E-state index in [1.807, 2.05) is 42.6 Å². The quantitative estimate of drug-likeness (QED) is 0.590. The number of phenols is 1. The van der Waals surface area contributed by atoms with Gasteiger partial charge in [-0.1, -0.05) is 12.1 Å². The molecule has 2 aromatic carbocycles. The highest BCUT2D eigenvalue weighted by molar-refractivity contribution is 7.17. The van der Waals surface area contributed by atoms with Crippen molar-refractivity contribution >= 4 is 32.3 Å². The van der Waals surface area contributed by atoms with Gasteiger partial charge in [0, 0.05) is 22.5 Å². The Hall–Kier alpha value is -2.63.